The van der Waals surface area contributed by atoms with Gasteiger partial charge in [-0.1, -0.05) is 51.8 Å². The summed E-state index contributed by atoms with van der Waals surface area (Å²) in [6, 6.07) is 14.5. The molecule has 0 aliphatic heterocycles. The molecule has 1 heterocycles. The van der Waals surface area contributed by atoms with Gasteiger partial charge in [-0.2, -0.15) is 5.10 Å². The summed E-state index contributed by atoms with van der Waals surface area (Å²) in [6.45, 7) is 8.35. The number of halogens is 2. The summed E-state index contributed by atoms with van der Waals surface area (Å²) in [5.41, 5.74) is 1.52. The standard InChI is InChI=1S/C26H30ClFN4O2/c1-5-6-14-31(25(34)18-8-7-9-20(28)15-18)17-24(33)29-23-16-22(26(2,3)4)30-32(23)21-12-10-19(27)11-13-21/h7-13,15-16H,5-6,14,17H2,1-4H3,(H,29,33). The normalized spacial score (nSPS) is 11.4. The Labute approximate surface area is 204 Å². The summed E-state index contributed by atoms with van der Waals surface area (Å²) < 4.78 is 15.3. The summed E-state index contributed by atoms with van der Waals surface area (Å²) in [4.78, 5) is 27.5. The molecule has 0 radical (unpaired) electrons. The molecule has 0 aliphatic carbocycles. The van der Waals surface area contributed by atoms with Crippen molar-refractivity contribution in [2.45, 2.75) is 46.0 Å². The zero-order valence-electron chi connectivity index (χ0n) is 19.9. The molecule has 0 bridgehead atoms. The lowest BCUT2D eigenvalue weighted by molar-refractivity contribution is -0.116. The van der Waals surface area contributed by atoms with Crippen molar-refractivity contribution < 1.29 is 14.0 Å². The van der Waals surface area contributed by atoms with Crippen molar-refractivity contribution in [2.24, 2.45) is 0 Å². The Kier molecular flexibility index (Phi) is 8.10. The monoisotopic (exact) mass is 484 g/mol. The molecule has 180 valence electrons. The molecule has 0 aliphatic rings. The van der Waals surface area contributed by atoms with Crippen molar-refractivity contribution in [1.82, 2.24) is 14.7 Å². The van der Waals surface area contributed by atoms with E-state index in [4.69, 9.17) is 16.7 Å². The molecule has 1 N–H and O–H groups in total. The maximum Gasteiger partial charge on any atom is 0.254 e. The molecule has 2 aromatic carbocycles. The zero-order valence-corrected chi connectivity index (χ0v) is 20.7. The molecule has 3 aromatic rings. The van der Waals surface area contributed by atoms with Gasteiger partial charge in [0.1, 0.15) is 18.2 Å². The van der Waals surface area contributed by atoms with Gasteiger partial charge in [0.25, 0.3) is 5.91 Å². The summed E-state index contributed by atoms with van der Waals surface area (Å²) in [6.07, 6.45) is 1.58. The minimum atomic E-state index is -0.493. The van der Waals surface area contributed by atoms with Crippen LogP contribution in [-0.4, -0.2) is 39.6 Å². The van der Waals surface area contributed by atoms with Crippen molar-refractivity contribution in [1.29, 1.82) is 0 Å². The molecule has 3 rings (SSSR count). The Morgan fingerprint density at radius 1 is 1.12 bits per heavy atom. The van der Waals surface area contributed by atoms with Gasteiger partial charge in [-0.3, -0.25) is 9.59 Å². The van der Waals surface area contributed by atoms with Gasteiger partial charge in [0.15, 0.2) is 0 Å². The Morgan fingerprint density at radius 2 is 1.82 bits per heavy atom. The third-order valence-electron chi connectivity index (χ3n) is 5.29. The van der Waals surface area contributed by atoms with Crippen LogP contribution in [0.25, 0.3) is 5.69 Å². The minimum absolute atomic E-state index is 0.161. The lowest BCUT2D eigenvalue weighted by Gasteiger charge is -2.22. The number of amides is 2. The van der Waals surface area contributed by atoms with Crippen LogP contribution in [0.4, 0.5) is 10.2 Å². The molecule has 6 nitrogen and oxygen atoms in total. The quantitative estimate of drug-likeness (QED) is 0.436. The van der Waals surface area contributed by atoms with Gasteiger partial charge in [-0.25, -0.2) is 9.07 Å². The predicted molar refractivity (Wildman–Crippen MR) is 133 cm³/mol. The van der Waals surface area contributed by atoms with E-state index in [1.54, 1.807) is 22.9 Å². The van der Waals surface area contributed by atoms with Crippen LogP contribution in [0.1, 0.15) is 56.6 Å². The number of nitrogens with one attached hydrogen (secondary N) is 1. The fourth-order valence-electron chi connectivity index (χ4n) is 3.38. The van der Waals surface area contributed by atoms with E-state index in [-0.39, 0.29) is 29.3 Å². The predicted octanol–water partition coefficient (Wildman–Crippen LogP) is 5.84. The second-order valence-corrected chi connectivity index (χ2v) is 9.63. The van der Waals surface area contributed by atoms with E-state index in [1.165, 1.54) is 23.1 Å². The molecule has 2 amide bonds. The molecule has 0 saturated carbocycles. The molecule has 0 unspecified atom stereocenters. The Hall–Kier alpha value is -3.19. The van der Waals surface area contributed by atoms with Gasteiger partial charge >= 0.3 is 0 Å². The second kappa shape index (κ2) is 10.8. The summed E-state index contributed by atoms with van der Waals surface area (Å²) in [5, 5.41) is 8.19. The molecular weight excluding hydrogens is 455 g/mol. The molecule has 0 atom stereocenters. The van der Waals surface area contributed by atoms with Crippen LogP contribution in [0.15, 0.2) is 54.6 Å². The topological polar surface area (TPSA) is 67.2 Å². The molecule has 0 spiro atoms. The number of unbranched alkanes of at least 4 members (excludes halogenated alkanes) is 1. The van der Waals surface area contributed by atoms with E-state index in [2.05, 4.69) is 5.32 Å². The third-order valence-corrected chi connectivity index (χ3v) is 5.54. The lowest BCUT2D eigenvalue weighted by Crippen LogP contribution is -2.39. The number of anilines is 1. The Balaban J connectivity index is 1.85. The van der Waals surface area contributed by atoms with Crippen molar-refractivity contribution in [3.63, 3.8) is 0 Å². The van der Waals surface area contributed by atoms with Gasteiger partial charge in [-0.15, -0.1) is 0 Å². The first-order valence-corrected chi connectivity index (χ1v) is 11.7. The molecule has 34 heavy (non-hydrogen) atoms. The number of carbonyl (C=O) groups excluding carboxylic acids is 2. The number of aromatic nitrogens is 2. The van der Waals surface area contributed by atoms with Crippen LogP contribution in [0, 0.1) is 5.82 Å². The third kappa shape index (κ3) is 6.44. The van der Waals surface area contributed by atoms with Crippen molar-refractivity contribution in [2.75, 3.05) is 18.4 Å². The highest BCUT2D eigenvalue weighted by Gasteiger charge is 2.23. The number of nitrogens with zero attached hydrogens (tertiary/aromatic N) is 3. The first kappa shape index (κ1) is 25.4. The molecular formula is C26H30ClFN4O2. The lowest BCUT2D eigenvalue weighted by atomic mass is 9.92. The fraction of sp³-hybridized carbons (Fsp3) is 0.346. The van der Waals surface area contributed by atoms with Crippen LogP contribution in [-0.2, 0) is 10.2 Å². The average Bonchev–Trinajstić information content (AvgIpc) is 3.21. The van der Waals surface area contributed by atoms with E-state index >= 15 is 0 Å². The van der Waals surface area contributed by atoms with Gasteiger partial charge in [0.05, 0.1) is 11.4 Å². The van der Waals surface area contributed by atoms with Gasteiger partial charge in [0, 0.05) is 28.6 Å². The van der Waals surface area contributed by atoms with Crippen LogP contribution in [0.2, 0.25) is 5.02 Å². The molecule has 1 aromatic heterocycles. The summed E-state index contributed by atoms with van der Waals surface area (Å²) >= 11 is 6.03. The molecule has 8 heteroatoms. The van der Waals surface area contributed by atoms with E-state index in [1.807, 2.05) is 45.9 Å². The van der Waals surface area contributed by atoms with E-state index in [0.717, 1.165) is 24.2 Å². The van der Waals surface area contributed by atoms with Gasteiger partial charge in [-0.05, 0) is 48.9 Å². The highest BCUT2D eigenvalue weighted by molar-refractivity contribution is 6.30. The van der Waals surface area contributed by atoms with E-state index in [0.29, 0.717) is 17.4 Å². The Bertz CT molecular complexity index is 1150. The number of hydrogen-bond acceptors (Lipinski definition) is 3. The summed E-state index contributed by atoms with van der Waals surface area (Å²) in [7, 11) is 0. The smallest absolute Gasteiger partial charge is 0.254 e. The largest absolute Gasteiger partial charge is 0.329 e. The van der Waals surface area contributed by atoms with E-state index < -0.39 is 5.82 Å². The van der Waals surface area contributed by atoms with Crippen LogP contribution >= 0.6 is 11.6 Å². The maximum atomic E-state index is 13.7. The molecule has 0 fully saturated rings. The first-order chi connectivity index (χ1) is 16.1. The minimum Gasteiger partial charge on any atom is -0.329 e. The highest BCUT2D eigenvalue weighted by atomic mass is 35.5. The molecule has 0 saturated heterocycles. The zero-order chi connectivity index (χ0) is 24.9. The van der Waals surface area contributed by atoms with Crippen molar-refractivity contribution >= 4 is 29.2 Å². The summed E-state index contributed by atoms with van der Waals surface area (Å²) in [5.74, 6) is -0.751. The number of carbonyl (C=O) groups is 2. The van der Waals surface area contributed by atoms with Gasteiger partial charge < -0.3 is 10.2 Å². The maximum absolute atomic E-state index is 13.7. The number of rotatable bonds is 8. The van der Waals surface area contributed by atoms with Gasteiger partial charge in [0.2, 0.25) is 5.91 Å². The highest BCUT2D eigenvalue weighted by Crippen LogP contribution is 2.27. The van der Waals surface area contributed by atoms with Crippen LogP contribution in [0.5, 0.6) is 0 Å². The second-order valence-electron chi connectivity index (χ2n) is 9.19. The fourth-order valence-corrected chi connectivity index (χ4v) is 3.50. The van der Waals surface area contributed by atoms with Crippen LogP contribution < -0.4 is 5.32 Å². The first-order valence-electron chi connectivity index (χ1n) is 11.3. The SMILES string of the molecule is CCCCN(CC(=O)Nc1cc(C(C)(C)C)nn1-c1ccc(Cl)cc1)C(=O)c1cccc(F)c1. The number of benzene rings is 2. The van der Waals surface area contributed by atoms with Crippen molar-refractivity contribution in [3.8, 4) is 5.69 Å². The van der Waals surface area contributed by atoms with E-state index in [9.17, 15) is 14.0 Å². The number of hydrogen-bond donors (Lipinski definition) is 1. The van der Waals surface area contributed by atoms with Crippen LogP contribution in [0.3, 0.4) is 0 Å². The van der Waals surface area contributed by atoms with Crippen molar-refractivity contribution in [3.05, 3.63) is 76.7 Å². The Morgan fingerprint density at radius 3 is 2.44 bits per heavy atom. The average molecular weight is 485 g/mol.